The predicted molar refractivity (Wildman–Crippen MR) is 67.9 cm³/mol. The van der Waals surface area contributed by atoms with Gasteiger partial charge in [0.25, 0.3) is 0 Å². The quantitative estimate of drug-likeness (QED) is 0.723. The second kappa shape index (κ2) is 6.30. The van der Waals surface area contributed by atoms with Crippen LogP contribution in [0.5, 0.6) is 11.5 Å². The Morgan fingerprint density at radius 2 is 1.50 bits per heavy atom. The number of phenolic OH excluding ortho intramolecular Hbond substituents is 1. The van der Waals surface area contributed by atoms with Gasteiger partial charge in [-0.1, -0.05) is 29.8 Å². The van der Waals surface area contributed by atoms with Crippen molar-refractivity contribution < 1.29 is 20.1 Å². The Bertz CT molecular complexity index is 497. The number of para-hydroxylation sites is 1. The lowest BCUT2D eigenvalue weighted by Gasteiger charge is -1.95. The van der Waals surface area contributed by atoms with E-state index >= 15 is 0 Å². The smallest absolute Gasteiger partial charge is 0.339 e. The first kappa shape index (κ1) is 13.6. The summed E-state index contributed by atoms with van der Waals surface area (Å²) in [5, 5.41) is 26.1. The molecule has 0 saturated heterocycles. The van der Waals surface area contributed by atoms with Crippen LogP contribution in [0.1, 0.15) is 15.9 Å². The molecular formula is C14H14O4. The van der Waals surface area contributed by atoms with Crippen LogP contribution in [-0.4, -0.2) is 21.3 Å². The van der Waals surface area contributed by atoms with Gasteiger partial charge in [-0.3, -0.25) is 0 Å². The Balaban J connectivity index is 0.000000184. The molecule has 18 heavy (non-hydrogen) atoms. The van der Waals surface area contributed by atoms with Gasteiger partial charge in [0.05, 0.1) is 0 Å². The molecule has 0 spiro atoms. The number of carboxylic acids is 1. The molecule has 0 bridgehead atoms. The van der Waals surface area contributed by atoms with Gasteiger partial charge in [0.15, 0.2) is 0 Å². The molecule has 4 nitrogen and oxygen atoms in total. The van der Waals surface area contributed by atoms with Crippen LogP contribution in [0.2, 0.25) is 0 Å². The summed E-state index contributed by atoms with van der Waals surface area (Å²) < 4.78 is 0. The number of benzene rings is 2. The SMILES string of the molecule is Cc1ccc(O)cc1.O=C(O)c1ccccc1O. The molecule has 0 atom stereocenters. The van der Waals surface area contributed by atoms with Crippen molar-refractivity contribution in [3.05, 3.63) is 59.7 Å². The first-order valence-corrected chi connectivity index (χ1v) is 5.27. The Morgan fingerprint density at radius 3 is 1.89 bits per heavy atom. The number of carbonyl (C=O) groups is 1. The van der Waals surface area contributed by atoms with E-state index in [0.717, 1.165) is 0 Å². The fraction of sp³-hybridized carbons (Fsp3) is 0.0714. The number of aromatic hydroxyl groups is 2. The van der Waals surface area contributed by atoms with Gasteiger partial charge in [0.1, 0.15) is 17.1 Å². The van der Waals surface area contributed by atoms with Crippen molar-refractivity contribution in [1.29, 1.82) is 0 Å². The van der Waals surface area contributed by atoms with Crippen molar-refractivity contribution in [3.63, 3.8) is 0 Å². The maximum Gasteiger partial charge on any atom is 0.339 e. The van der Waals surface area contributed by atoms with Gasteiger partial charge >= 0.3 is 5.97 Å². The minimum Gasteiger partial charge on any atom is -0.508 e. The first-order chi connectivity index (χ1) is 8.50. The highest BCUT2D eigenvalue weighted by molar-refractivity contribution is 5.90. The summed E-state index contributed by atoms with van der Waals surface area (Å²) in [6, 6.07) is 12.9. The zero-order valence-corrected chi connectivity index (χ0v) is 9.87. The fourth-order valence-electron chi connectivity index (χ4n) is 1.20. The monoisotopic (exact) mass is 246 g/mol. The third kappa shape index (κ3) is 4.17. The molecule has 0 aliphatic heterocycles. The molecule has 0 heterocycles. The van der Waals surface area contributed by atoms with E-state index in [2.05, 4.69) is 0 Å². The molecule has 0 unspecified atom stereocenters. The summed E-state index contributed by atoms with van der Waals surface area (Å²) in [5.74, 6) is -0.983. The third-order valence-corrected chi connectivity index (χ3v) is 2.17. The molecule has 0 fully saturated rings. The van der Waals surface area contributed by atoms with Gasteiger partial charge in [0.2, 0.25) is 0 Å². The molecule has 0 amide bonds. The second-order valence-electron chi connectivity index (χ2n) is 3.66. The number of phenols is 2. The average Bonchev–Trinajstić information content (AvgIpc) is 2.34. The number of aromatic carboxylic acids is 1. The number of carboxylic acid groups (broad SMARTS) is 1. The van der Waals surface area contributed by atoms with E-state index in [1.807, 2.05) is 19.1 Å². The molecule has 94 valence electrons. The average molecular weight is 246 g/mol. The first-order valence-electron chi connectivity index (χ1n) is 5.27. The lowest BCUT2D eigenvalue weighted by atomic mass is 10.2. The maximum absolute atomic E-state index is 10.3. The standard InChI is InChI=1S/C7H6O3.C7H8O/c8-6-4-2-1-3-5(6)7(9)10;1-6-2-4-7(8)5-3-6/h1-4,8H,(H,9,10);2-5,8H,1H3. The zero-order chi connectivity index (χ0) is 13.5. The van der Waals surface area contributed by atoms with Gasteiger partial charge in [-0.2, -0.15) is 0 Å². The van der Waals surface area contributed by atoms with Crippen LogP contribution in [0.25, 0.3) is 0 Å². The van der Waals surface area contributed by atoms with Crippen LogP contribution in [0, 0.1) is 6.92 Å². The topological polar surface area (TPSA) is 77.8 Å². The van der Waals surface area contributed by atoms with Gasteiger partial charge in [-0.05, 0) is 31.2 Å². The van der Waals surface area contributed by atoms with Crippen molar-refractivity contribution in [2.75, 3.05) is 0 Å². The van der Waals surface area contributed by atoms with E-state index < -0.39 is 5.97 Å². The second-order valence-corrected chi connectivity index (χ2v) is 3.66. The molecule has 0 aliphatic rings. The Morgan fingerprint density at radius 1 is 0.944 bits per heavy atom. The summed E-state index contributed by atoms with van der Waals surface area (Å²) in [4.78, 5) is 10.3. The van der Waals surface area contributed by atoms with Crippen LogP contribution in [-0.2, 0) is 0 Å². The van der Waals surface area contributed by atoms with Crippen molar-refractivity contribution in [2.45, 2.75) is 6.92 Å². The normalized spacial score (nSPS) is 9.17. The van der Waals surface area contributed by atoms with Crippen LogP contribution in [0.4, 0.5) is 0 Å². The fourth-order valence-corrected chi connectivity index (χ4v) is 1.20. The van der Waals surface area contributed by atoms with Crippen molar-refractivity contribution in [2.24, 2.45) is 0 Å². The van der Waals surface area contributed by atoms with Crippen LogP contribution < -0.4 is 0 Å². The Hall–Kier alpha value is -2.49. The zero-order valence-electron chi connectivity index (χ0n) is 9.87. The lowest BCUT2D eigenvalue weighted by molar-refractivity contribution is 0.0693. The molecule has 0 aliphatic carbocycles. The summed E-state index contributed by atoms with van der Waals surface area (Å²) in [6.07, 6.45) is 0. The van der Waals surface area contributed by atoms with Gasteiger partial charge in [-0.25, -0.2) is 4.79 Å². The van der Waals surface area contributed by atoms with Crippen LogP contribution in [0.15, 0.2) is 48.5 Å². The highest BCUT2D eigenvalue weighted by Gasteiger charge is 2.05. The van der Waals surface area contributed by atoms with Gasteiger partial charge < -0.3 is 15.3 Å². The van der Waals surface area contributed by atoms with E-state index in [1.165, 1.54) is 17.7 Å². The van der Waals surface area contributed by atoms with Crippen LogP contribution in [0.3, 0.4) is 0 Å². The Kier molecular flexibility index (Phi) is 4.75. The van der Waals surface area contributed by atoms with Crippen molar-refractivity contribution in [1.82, 2.24) is 0 Å². The molecule has 2 aromatic carbocycles. The van der Waals surface area contributed by atoms with Crippen LogP contribution >= 0.6 is 0 Å². The van der Waals surface area contributed by atoms with Crippen molar-refractivity contribution >= 4 is 5.97 Å². The van der Waals surface area contributed by atoms with E-state index in [9.17, 15) is 4.79 Å². The molecule has 0 aromatic heterocycles. The highest BCUT2D eigenvalue weighted by atomic mass is 16.4. The van der Waals surface area contributed by atoms with E-state index in [4.69, 9.17) is 15.3 Å². The highest BCUT2D eigenvalue weighted by Crippen LogP contribution is 2.14. The molecule has 2 rings (SSSR count). The van der Waals surface area contributed by atoms with Crippen molar-refractivity contribution in [3.8, 4) is 11.5 Å². The third-order valence-electron chi connectivity index (χ3n) is 2.17. The number of rotatable bonds is 1. The molecule has 4 heteroatoms. The minimum absolute atomic E-state index is 0.0671. The molecule has 0 saturated carbocycles. The summed E-state index contributed by atoms with van der Waals surface area (Å²) in [7, 11) is 0. The molecule has 3 N–H and O–H groups in total. The molecular weight excluding hydrogens is 232 g/mol. The number of hydrogen-bond acceptors (Lipinski definition) is 3. The van der Waals surface area contributed by atoms with Gasteiger partial charge in [0, 0.05) is 0 Å². The Labute approximate surface area is 105 Å². The van der Waals surface area contributed by atoms with E-state index in [-0.39, 0.29) is 11.3 Å². The summed E-state index contributed by atoms with van der Waals surface area (Å²) >= 11 is 0. The largest absolute Gasteiger partial charge is 0.508 e. The lowest BCUT2D eigenvalue weighted by Crippen LogP contribution is -1.95. The maximum atomic E-state index is 10.3. The van der Waals surface area contributed by atoms with Gasteiger partial charge in [-0.15, -0.1) is 0 Å². The molecule has 2 aromatic rings. The number of aryl methyl sites for hydroxylation is 1. The minimum atomic E-state index is -1.11. The van der Waals surface area contributed by atoms with E-state index in [1.54, 1.807) is 24.3 Å². The number of hydrogen-bond donors (Lipinski definition) is 3. The molecule has 0 radical (unpaired) electrons. The van der Waals surface area contributed by atoms with E-state index in [0.29, 0.717) is 5.75 Å². The predicted octanol–water partition coefficient (Wildman–Crippen LogP) is 2.79. The summed E-state index contributed by atoms with van der Waals surface area (Å²) in [6.45, 7) is 1.99. The summed E-state index contributed by atoms with van der Waals surface area (Å²) in [5.41, 5.74) is 1.10.